The Kier molecular flexibility index (Phi) is 10.7. The molecule has 12 heteroatoms. The van der Waals surface area contributed by atoms with Crippen molar-refractivity contribution in [1.82, 2.24) is 4.90 Å². The Labute approximate surface area is 249 Å². The lowest BCUT2D eigenvalue weighted by Crippen LogP contribution is -2.40. The van der Waals surface area contributed by atoms with Crippen LogP contribution < -0.4 is 30.2 Å². The monoisotopic (exact) mass is 598 g/mol. The maximum atomic E-state index is 12.9. The number of benzene rings is 3. The zero-order chi connectivity index (χ0) is 30.1. The van der Waals surface area contributed by atoms with Crippen LogP contribution in [0.4, 0.5) is 26.7 Å². The van der Waals surface area contributed by atoms with E-state index in [1.54, 1.807) is 55.5 Å². The summed E-state index contributed by atoms with van der Waals surface area (Å²) >= 11 is 6.31. The molecule has 1 aliphatic rings. The minimum absolute atomic E-state index is 0.0671. The molecule has 1 unspecified atom stereocenters. The van der Waals surface area contributed by atoms with Gasteiger partial charge < -0.3 is 45.3 Å². The van der Waals surface area contributed by atoms with Gasteiger partial charge in [0.05, 0.1) is 31.5 Å². The highest BCUT2D eigenvalue weighted by atomic mass is 35.5. The first-order valence-electron chi connectivity index (χ1n) is 13.5. The molecule has 1 aliphatic heterocycles. The minimum atomic E-state index is -0.983. The minimum Gasteiger partial charge on any atom is -0.497 e. The Morgan fingerprint density at radius 1 is 0.905 bits per heavy atom. The molecule has 11 nitrogen and oxygen atoms in total. The fourth-order valence-corrected chi connectivity index (χ4v) is 4.77. The van der Waals surface area contributed by atoms with Gasteiger partial charge in [0.2, 0.25) is 0 Å². The Morgan fingerprint density at radius 2 is 1.55 bits per heavy atom. The lowest BCUT2D eigenvalue weighted by Gasteiger charge is -2.32. The average Bonchev–Trinajstić information content (AvgIpc) is 3.01. The van der Waals surface area contributed by atoms with Crippen molar-refractivity contribution in [3.63, 3.8) is 0 Å². The third-order valence-corrected chi connectivity index (χ3v) is 7.18. The maximum Gasteiger partial charge on any atom is 0.323 e. The SMILES string of the molecule is COc1cc(NC(=O)Nc2ccc(C3CCN(C(=O)Nc4ccc(OCC(O)CO)cc4Cl)CC3)cc2)cc(OC)c1. The van der Waals surface area contributed by atoms with Crippen molar-refractivity contribution in [2.75, 3.05) is 56.5 Å². The molecule has 0 spiro atoms. The van der Waals surface area contributed by atoms with E-state index in [0.717, 1.165) is 18.4 Å². The molecule has 42 heavy (non-hydrogen) atoms. The number of aliphatic hydroxyl groups is 2. The van der Waals surface area contributed by atoms with Crippen LogP contribution in [0.1, 0.15) is 24.3 Å². The quantitative estimate of drug-likeness (QED) is 0.217. The number of anilines is 3. The highest BCUT2D eigenvalue weighted by Gasteiger charge is 2.24. The molecule has 1 fully saturated rings. The van der Waals surface area contributed by atoms with Crippen LogP contribution in [0.15, 0.2) is 60.7 Å². The maximum absolute atomic E-state index is 12.9. The van der Waals surface area contributed by atoms with Crippen LogP contribution >= 0.6 is 11.6 Å². The Bertz CT molecular complexity index is 1340. The van der Waals surface area contributed by atoms with E-state index in [2.05, 4.69) is 16.0 Å². The molecule has 1 atom stereocenters. The number of hydrogen-bond donors (Lipinski definition) is 5. The summed E-state index contributed by atoms with van der Waals surface area (Å²) in [5.41, 5.74) is 2.79. The van der Waals surface area contributed by atoms with E-state index in [1.165, 1.54) is 0 Å². The van der Waals surface area contributed by atoms with Crippen LogP contribution in [0.25, 0.3) is 0 Å². The fourth-order valence-electron chi connectivity index (χ4n) is 4.55. The van der Waals surface area contributed by atoms with Crippen LogP contribution in [0.3, 0.4) is 0 Å². The summed E-state index contributed by atoms with van der Waals surface area (Å²) < 4.78 is 15.9. The number of ether oxygens (including phenoxy) is 3. The average molecular weight is 599 g/mol. The molecule has 0 bridgehead atoms. The van der Waals surface area contributed by atoms with Gasteiger partial charge in [-0.1, -0.05) is 23.7 Å². The molecule has 4 rings (SSSR count). The number of aliphatic hydroxyl groups excluding tert-OH is 2. The number of urea groups is 2. The predicted octanol–water partition coefficient (Wildman–Crippen LogP) is 5.14. The second-order valence-electron chi connectivity index (χ2n) is 9.78. The van der Waals surface area contributed by atoms with Crippen LogP contribution in [-0.4, -0.2) is 73.8 Å². The largest absolute Gasteiger partial charge is 0.497 e. The van der Waals surface area contributed by atoms with E-state index < -0.39 is 12.7 Å². The van der Waals surface area contributed by atoms with E-state index in [4.69, 9.17) is 30.9 Å². The number of piperidine rings is 1. The molecule has 0 saturated carbocycles. The van der Waals surface area contributed by atoms with E-state index in [1.807, 2.05) is 24.3 Å². The Balaban J connectivity index is 1.25. The number of carbonyl (C=O) groups is 2. The van der Waals surface area contributed by atoms with E-state index in [0.29, 0.717) is 52.4 Å². The van der Waals surface area contributed by atoms with Crippen molar-refractivity contribution in [2.45, 2.75) is 24.9 Å². The van der Waals surface area contributed by atoms with Gasteiger partial charge >= 0.3 is 12.1 Å². The number of hydrogen-bond acceptors (Lipinski definition) is 7. The molecule has 1 heterocycles. The Morgan fingerprint density at radius 3 is 2.14 bits per heavy atom. The molecule has 3 aromatic rings. The van der Waals surface area contributed by atoms with Gasteiger partial charge in [0.15, 0.2) is 0 Å². The molecule has 0 aliphatic carbocycles. The fraction of sp³-hybridized carbons (Fsp3) is 0.333. The first-order chi connectivity index (χ1) is 20.3. The van der Waals surface area contributed by atoms with Crippen molar-refractivity contribution in [3.8, 4) is 17.2 Å². The van der Waals surface area contributed by atoms with Crippen molar-refractivity contribution in [2.24, 2.45) is 0 Å². The number of nitrogens with zero attached hydrogens (tertiary/aromatic N) is 1. The summed E-state index contributed by atoms with van der Waals surface area (Å²) in [6.07, 6.45) is 0.612. The zero-order valence-corrected chi connectivity index (χ0v) is 24.2. The highest BCUT2D eigenvalue weighted by molar-refractivity contribution is 6.33. The number of amides is 4. The summed E-state index contributed by atoms with van der Waals surface area (Å²) in [4.78, 5) is 27.1. The molecule has 0 radical (unpaired) electrons. The van der Waals surface area contributed by atoms with Crippen molar-refractivity contribution in [1.29, 1.82) is 0 Å². The summed E-state index contributed by atoms with van der Waals surface area (Å²) in [5.74, 6) is 1.85. The van der Waals surface area contributed by atoms with Gasteiger partial charge in [-0.25, -0.2) is 9.59 Å². The first-order valence-corrected chi connectivity index (χ1v) is 13.8. The van der Waals surface area contributed by atoms with Gasteiger partial charge in [0.25, 0.3) is 0 Å². The number of nitrogens with one attached hydrogen (secondary N) is 3. The normalized spacial score (nSPS) is 14.1. The predicted molar refractivity (Wildman–Crippen MR) is 161 cm³/mol. The lowest BCUT2D eigenvalue weighted by molar-refractivity contribution is 0.0536. The number of likely N-dealkylation sites (tertiary alicyclic amines) is 1. The first kappa shape index (κ1) is 30.8. The molecular weight excluding hydrogens is 564 g/mol. The zero-order valence-electron chi connectivity index (χ0n) is 23.4. The van der Waals surface area contributed by atoms with Gasteiger partial charge in [-0.2, -0.15) is 0 Å². The summed E-state index contributed by atoms with van der Waals surface area (Å²) in [6.45, 7) is 0.700. The molecule has 3 aromatic carbocycles. The number of carbonyl (C=O) groups excluding carboxylic acids is 2. The second kappa shape index (κ2) is 14.6. The molecular formula is C30H35ClN4O7. The smallest absolute Gasteiger partial charge is 0.323 e. The van der Waals surface area contributed by atoms with Gasteiger partial charge in [-0.3, -0.25) is 0 Å². The number of halogens is 1. The standard InChI is InChI=1S/C30H35ClN4O7/c1-40-25-13-22(14-26(15-25)41-2)33-29(38)32-21-5-3-19(4-6-21)20-9-11-35(12-10-20)30(39)34-28-8-7-24(16-27(28)31)42-18-23(37)17-36/h3-8,13-16,20,23,36-37H,9-12,17-18H2,1-2H3,(H,34,39)(H2,32,33,38). The van der Waals surface area contributed by atoms with Gasteiger partial charge in [-0.15, -0.1) is 0 Å². The highest BCUT2D eigenvalue weighted by Crippen LogP contribution is 2.31. The van der Waals surface area contributed by atoms with Crippen molar-refractivity contribution in [3.05, 3.63) is 71.2 Å². The van der Waals surface area contributed by atoms with E-state index in [-0.39, 0.29) is 24.6 Å². The molecule has 5 N–H and O–H groups in total. The third-order valence-electron chi connectivity index (χ3n) is 6.87. The number of rotatable bonds is 10. The van der Waals surface area contributed by atoms with Gasteiger partial charge in [0.1, 0.15) is 30.0 Å². The van der Waals surface area contributed by atoms with Crippen LogP contribution in [-0.2, 0) is 0 Å². The van der Waals surface area contributed by atoms with Crippen LogP contribution in [0, 0.1) is 0 Å². The van der Waals surface area contributed by atoms with Crippen molar-refractivity contribution >= 4 is 40.7 Å². The molecule has 0 aromatic heterocycles. The van der Waals surface area contributed by atoms with E-state index >= 15 is 0 Å². The summed E-state index contributed by atoms with van der Waals surface area (Å²) in [5, 5.41) is 27.1. The topological polar surface area (TPSA) is 142 Å². The van der Waals surface area contributed by atoms with E-state index in [9.17, 15) is 14.7 Å². The van der Waals surface area contributed by atoms with Crippen molar-refractivity contribution < 1.29 is 34.0 Å². The third kappa shape index (κ3) is 8.41. The van der Waals surface area contributed by atoms with Crippen LogP contribution in [0.2, 0.25) is 5.02 Å². The second-order valence-corrected chi connectivity index (χ2v) is 10.2. The Hall–Kier alpha value is -4.19. The van der Waals surface area contributed by atoms with Crippen LogP contribution in [0.5, 0.6) is 17.2 Å². The summed E-state index contributed by atoms with van der Waals surface area (Å²) in [7, 11) is 3.09. The number of methoxy groups -OCH3 is 2. The molecule has 4 amide bonds. The lowest BCUT2D eigenvalue weighted by atomic mass is 9.89. The molecule has 1 saturated heterocycles. The van der Waals surface area contributed by atoms with Gasteiger partial charge in [-0.05, 0) is 48.6 Å². The summed E-state index contributed by atoms with van der Waals surface area (Å²) in [6, 6.07) is 17.0. The van der Waals surface area contributed by atoms with Gasteiger partial charge in [0, 0.05) is 48.7 Å². The molecule has 224 valence electrons.